The molecule has 0 radical (unpaired) electrons. The van der Waals surface area contributed by atoms with E-state index < -0.39 is 5.03 Å². The molecule has 0 bridgehead atoms. The minimum absolute atomic E-state index is 0.410. The van der Waals surface area contributed by atoms with Crippen LogP contribution in [0.1, 0.15) is 0 Å². The van der Waals surface area contributed by atoms with Crippen LogP contribution in [0.3, 0.4) is 0 Å². The van der Waals surface area contributed by atoms with Gasteiger partial charge in [-0.15, -0.1) is 0 Å². The monoisotopic (exact) mass is 115 g/mol. The number of hydrogen-bond acceptors (Lipinski definition) is 3. The van der Waals surface area contributed by atoms with Gasteiger partial charge in [0.25, 0.3) is 0 Å². The van der Waals surface area contributed by atoms with Gasteiger partial charge in [-0.2, -0.15) is 0 Å². The van der Waals surface area contributed by atoms with Crippen LogP contribution in [0.2, 0.25) is 0 Å². The molecule has 5 nitrogen and oxygen atoms in total. The minimum Gasteiger partial charge on any atom is -0.268 e. The van der Waals surface area contributed by atoms with Crippen molar-refractivity contribution in [3.63, 3.8) is 0 Å². The third kappa shape index (κ3) is 0.749. The average Bonchev–Trinajstić information content (AvgIpc) is 2.12. The van der Waals surface area contributed by atoms with Crippen molar-refractivity contribution in [1.29, 1.82) is 0 Å². The van der Waals surface area contributed by atoms with Gasteiger partial charge in [0.2, 0.25) is 0 Å². The van der Waals surface area contributed by atoms with Crippen LogP contribution < -0.4 is 0 Å². The smallest absolute Gasteiger partial charge is 0.166 e. The molecule has 1 rings (SSSR count). The van der Waals surface area contributed by atoms with Crippen molar-refractivity contribution < 1.29 is 5.03 Å². The van der Waals surface area contributed by atoms with Crippen LogP contribution in [0.25, 0.3) is 0 Å². The lowest BCUT2D eigenvalue weighted by Crippen LogP contribution is -2.26. The topological polar surface area (TPSA) is 58.7 Å². The zero-order valence-electron chi connectivity index (χ0n) is 4.15. The van der Waals surface area contributed by atoms with E-state index in [-0.39, 0.29) is 0 Å². The van der Waals surface area contributed by atoms with E-state index in [0.29, 0.717) is 13.1 Å². The highest BCUT2D eigenvalue weighted by Gasteiger charge is 2.13. The van der Waals surface area contributed by atoms with Gasteiger partial charge in [-0.1, -0.05) is 5.01 Å². The van der Waals surface area contributed by atoms with Crippen molar-refractivity contribution >= 4 is 6.34 Å². The maximum atomic E-state index is 9.84. The Labute approximate surface area is 45.7 Å². The molecule has 44 valence electrons. The molecular weight excluding hydrogens is 110 g/mol. The first-order chi connectivity index (χ1) is 3.80. The van der Waals surface area contributed by atoms with E-state index in [1.807, 2.05) is 0 Å². The Bertz CT molecular complexity index is 132. The predicted molar refractivity (Wildman–Crippen MR) is 27.1 cm³/mol. The van der Waals surface area contributed by atoms with E-state index in [1.165, 1.54) is 6.34 Å². The van der Waals surface area contributed by atoms with Gasteiger partial charge in [-0.3, -0.25) is 4.99 Å². The zero-order chi connectivity index (χ0) is 5.98. The fourth-order valence-corrected chi connectivity index (χ4v) is 0.494. The molecule has 0 saturated heterocycles. The predicted octanol–water partition coefficient (Wildman–Crippen LogP) is -0.478. The number of hydrazine groups is 1. The molecule has 8 heavy (non-hydrogen) atoms. The quantitative estimate of drug-likeness (QED) is 0.342. The molecule has 0 aliphatic carbocycles. The molecular formula is C3H5N3O2. The fraction of sp³-hybridized carbons (Fsp3) is 0.667. The van der Waals surface area contributed by atoms with Crippen molar-refractivity contribution in [2.24, 2.45) is 4.99 Å². The van der Waals surface area contributed by atoms with E-state index in [0.717, 1.165) is 5.01 Å². The number of aliphatic imine (C=N–C) groups is 1. The molecule has 0 N–H and O–H groups in total. The van der Waals surface area contributed by atoms with E-state index in [4.69, 9.17) is 0 Å². The van der Waals surface area contributed by atoms with E-state index >= 15 is 0 Å². The summed E-state index contributed by atoms with van der Waals surface area (Å²) in [5, 5.41) is 10.3. The molecule has 0 spiro atoms. The van der Waals surface area contributed by atoms with E-state index in [1.54, 1.807) is 0 Å². The Morgan fingerprint density at radius 3 is 2.88 bits per heavy atom. The van der Waals surface area contributed by atoms with Crippen molar-refractivity contribution in [2.45, 2.75) is 0 Å². The molecule has 0 atom stereocenters. The van der Waals surface area contributed by atoms with Crippen molar-refractivity contribution in [1.82, 2.24) is 5.01 Å². The molecule has 0 aromatic carbocycles. The van der Waals surface area contributed by atoms with Crippen LogP contribution in [0.15, 0.2) is 4.99 Å². The van der Waals surface area contributed by atoms with Gasteiger partial charge >= 0.3 is 0 Å². The lowest BCUT2D eigenvalue weighted by atomic mass is 10.7. The van der Waals surface area contributed by atoms with Crippen LogP contribution in [0, 0.1) is 10.1 Å². The normalized spacial score (nSPS) is 17.2. The van der Waals surface area contributed by atoms with Gasteiger partial charge in [0.05, 0.1) is 6.54 Å². The Hall–Kier alpha value is -1.13. The van der Waals surface area contributed by atoms with Crippen LogP contribution in [-0.4, -0.2) is 29.5 Å². The summed E-state index contributed by atoms with van der Waals surface area (Å²) < 4.78 is 0. The van der Waals surface area contributed by atoms with Crippen molar-refractivity contribution in [3.8, 4) is 0 Å². The Balaban J connectivity index is 2.48. The lowest BCUT2D eigenvalue weighted by molar-refractivity contribution is -0.624. The summed E-state index contributed by atoms with van der Waals surface area (Å²) in [6, 6.07) is 0. The third-order valence-electron chi connectivity index (χ3n) is 0.883. The van der Waals surface area contributed by atoms with Gasteiger partial charge in [-0.05, 0) is 0 Å². The highest BCUT2D eigenvalue weighted by Crippen LogP contribution is 1.90. The Kier molecular flexibility index (Phi) is 1.11. The molecule has 1 heterocycles. The van der Waals surface area contributed by atoms with Gasteiger partial charge in [0.1, 0.15) is 6.54 Å². The van der Waals surface area contributed by atoms with Gasteiger partial charge < -0.3 is 0 Å². The second-order valence-corrected chi connectivity index (χ2v) is 1.42. The summed E-state index contributed by atoms with van der Waals surface area (Å²) in [4.78, 5) is 13.5. The van der Waals surface area contributed by atoms with E-state index in [2.05, 4.69) is 4.99 Å². The number of nitro groups is 1. The number of nitrogens with zero attached hydrogens (tertiary/aromatic N) is 3. The van der Waals surface area contributed by atoms with Crippen LogP contribution in [0.5, 0.6) is 0 Å². The largest absolute Gasteiger partial charge is 0.268 e. The SMILES string of the molecule is O=[N+]([O-])N1C=NCC1. The summed E-state index contributed by atoms with van der Waals surface area (Å²) in [6.07, 6.45) is 1.24. The second-order valence-electron chi connectivity index (χ2n) is 1.42. The summed E-state index contributed by atoms with van der Waals surface area (Å²) in [7, 11) is 0. The van der Waals surface area contributed by atoms with Crippen LogP contribution in [-0.2, 0) is 0 Å². The Morgan fingerprint density at radius 2 is 2.62 bits per heavy atom. The number of hydrogen-bond donors (Lipinski definition) is 0. The standard InChI is InChI=1S/C3H5N3O2/c7-6(8)5-2-1-4-3-5/h3H,1-2H2. The second kappa shape index (κ2) is 1.77. The lowest BCUT2D eigenvalue weighted by Gasteiger charge is -1.97. The molecule has 0 amide bonds. The van der Waals surface area contributed by atoms with E-state index in [9.17, 15) is 10.1 Å². The summed E-state index contributed by atoms with van der Waals surface area (Å²) in [5.74, 6) is 0. The third-order valence-corrected chi connectivity index (χ3v) is 0.883. The molecule has 0 aromatic rings. The molecule has 5 heteroatoms. The average molecular weight is 115 g/mol. The van der Waals surface area contributed by atoms with Gasteiger partial charge in [-0.25, -0.2) is 10.1 Å². The molecule has 0 aromatic heterocycles. The highest BCUT2D eigenvalue weighted by atomic mass is 16.7. The first-order valence-electron chi connectivity index (χ1n) is 2.21. The molecule has 0 fully saturated rings. The van der Waals surface area contributed by atoms with Crippen molar-refractivity contribution in [2.75, 3.05) is 13.1 Å². The maximum absolute atomic E-state index is 9.84. The summed E-state index contributed by atoms with van der Waals surface area (Å²) in [6.45, 7) is 0.952. The minimum atomic E-state index is -0.476. The first kappa shape index (κ1) is 5.02. The van der Waals surface area contributed by atoms with Gasteiger partial charge in [0.15, 0.2) is 11.4 Å². The van der Waals surface area contributed by atoms with Crippen LogP contribution in [0.4, 0.5) is 0 Å². The molecule has 1 aliphatic heterocycles. The fourth-order valence-electron chi connectivity index (χ4n) is 0.494. The van der Waals surface area contributed by atoms with Crippen molar-refractivity contribution in [3.05, 3.63) is 10.1 Å². The van der Waals surface area contributed by atoms with Crippen LogP contribution >= 0.6 is 0 Å². The zero-order valence-corrected chi connectivity index (χ0v) is 4.15. The molecule has 0 unspecified atom stereocenters. The first-order valence-corrected chi connectivity index (χ1v) is 2.21. The highest BCUT2D eigenvalue weighted by molar-refractivity contribution is 5.54. The molecule has 0 saturated carbocycles. The summed E-state index contributed by atoms with van der Waals surface area (Å²) >= 11 is 0. The molecule has 1 aliphatic rings. The maximum Gasteiger partial charge on any atom is 0.166 e. The Morgan fingerprint density at radius 1 is 1.88 bits per heavy atom. The number of rotatable bonds is 1. The summed E-state index contributed by atoms with van der Waals surface area (Å²) in [5.41, 5.74) is 0. The van der Waals surface area contributed by atoms with Gasteiger partial charge in [0, 0.05) is 0 Å².